The molecule has 7 heteroatoms. The molecule has 0 unspecified atom stereocenters. The first-order chi connectivity index (χ1) is 12.6. The van der Waals surface area contributed by atoms with E-state index >= 15 is 0 Å². The van der Waals surface area contributed by atoms with Gasteiger partial charge in [0.05, 0.1) is 11.0 Å². The Morgan fingerprint density at radius 1 is 1.15 bits per heavy atom. The number of halogens is 2. The predicted molar refractivity (Wildman–Crippen MR) is 94.0 cm³/mol. The van der Waals surface area contributed by atoms with Gasteiger partial charge in [-0.2, -0.15) is 8.78 Å². The van der Waals surface area contributed by atoms with Gasteiger partial charge in [0.15, 0.2) is 0 Å². The first kappa shape index (κ1) is 17.8. The molecular weight excluding hydrogens is 340 g/mol. The zero-order valence-electron chi connectivity index (χ0n) is 14.0. The topological polar surface area (TPSA) is 67.0 Å². The van der Waals surface area contributed by atoms with E-state index in [1.54, 1.807) is 18.2 Å². The number of aromatic nitrogens is 2. The fourth-order valence-electron chi connectivity index (χ4n) is 2.68. The summed E-state index contributed by atoms with van der Waals surface area (Å²) in [4.78, 5) is 19.7. The van der Waals surface area contributed by atoms with Crippen molar-refractivity contribution in [3.63, 3.8) is 0 Å². The fourth-order valence-corrected chi connectivity index (χ4v) is 2.68. The summed E-state index contributed by atoms with van der Waals surface area (Å²) in [6.45, 7) is -2.75. The van der Waals surface area contributed by atoms with Crippen LogP contribution in [0.25, 0.3) is 11.0 Å². The Morgan fingerprint density at radius 2 is 1.92 bits per heavy atom. The second-order valence-corrected chi connectivity index (χ2v) is 5.82. The molecule has 1 heterocycles. The lowest BCUT2D eigenvalue weighted by Crippen LogP contribution is -2.23. The van der Waals surface area contributed by atoms with Crippen LogP contribution in [0.3, 0.4) is 0 Å². The molecule has 0 aliphatic rings. The molecule has 0 radical (unpaired) electrons. The number of hydrogen-bond acceptors (Lipinski definition) is 3. The molecule has 0 atom stereocenters. The number of rotatable bonds is 8. The van der Waals surface area contributed by atoms with Gasteiger partial charge >= 0.3 is 6.61 Å². The molecule has 0 fully saturated rings. The normalized spacial score (nSPS) is 11.0. The maximum absolute atomic E-state index is 12.4. The van der Waals surface area contributed by atoms with Crippen LogP contribution in [0.15, 0.2) is 48.5 Å². The fraction of sp³-hybridized carbons (Fsp3) is 0.263. The van der Waals surface area contributed by atoms with Gasteiger partial charge in [-0.1, -0.05) is 30.3 Å². The molecule has 0 aliphatic carbocycles. The van der Waals surface area contributed by atoms with Crippen molar-refractivity contribution in [1.82, 2.24) is 15.3 Å². The molecule has 0 saturated carbocycles. The molecule has 0 aliphatic heterocycles. The number of para-hydroxylation sites is 3. The standard InChI is InChI=1S/C19H19F2N3O2/c20-19(21)26-16-9-4-1-6-13(16)12-22-18(25)11-5-10-17-23-14-7-2-3-8-15(14)24-17/h1-4,6-9,19H,5,10-12H2,(H,22,25)(H,23,24). The van der Waals surface area contributed by atoms with Gasteiger partial charge < -0.3 is 15.0 Å². The summed E-state index contributed by atoms with van der Waals surface area (Å²) in [5, 5.41) is 2.73. The van der Waals surface area contributed by atoms with E-state index in [4.69, 9.17) is 0 Å². The van der Waals surface area contributed by atoms with E-state index in [2.05, 4.69) is 20.0 Å². The Hall–Kier alpha value is -2.96. The number of aromatic amines is 1. The quantitative estimate of drug-likeness (QED) is 0.643. The van der Waals surface area contributed by atoms with Crippen LogP contribution in [0.4, 0.5) is 8.78 Å². The lowest BCUT2D eigenvalue weighted by molar-refractivity contribution is -0.121. The van der Waals surface area contributed by atoms with Crippen molar-refractivity contribution in [1.29, 1.82) is 0 Å². The molecular formula is C19H19F2N3O2. The van der Waals surface area contributed by atoms with Crippen molar-refractivity contribution in [2.75, 3.05) is 0 Å². The Morgan fingerprint density at radius 3 is 2.73 bits per heavy atom. The third kappa shape index (κ3) is 4.78. The Balaban J connectivity index is 1.46. The number of benzene rings is 2. The number of alkyl halides is 2. The number of ether oxygens (including phenoxy) is 1. The second-order valence-electron chi connectivity index (χ2n) is 5.82. The van der Waals surface area contributed by atoms with Crippen LogP contribution >= 0.6 is 0 Å². The maximum Gasteiger partial charge on any atom is 0.387 e. The van der Waals surface area contributed by atoms with Crippen LogP contribution in [-0.4, -0.2) is 22.5 Å². The van der Waals surface area contributed by atoms with Crippen LogP contribution in [0, 0.1) is 0 Å². The van der Waals surface area contributed by atoms with Crippen LogP contribution < -0.4 is 10.1 Å². The number of fused-ring (bicyclic) bond motifs is 1. The minimum atomic E-state index is -2.89. The first-order valence-electron chi connectivity index (χ1n) is 8.35. The van der Waals surface area contributed by atoms with Crippen molar-refractivity contribution >= 4 is 16.9 Å². The highest BCUT2D eigenvalue weighted by atomic mass is 19.3. The molecule has 0 bridgehead atoms. The molecule has 5 nitrogen and oxygen atoms in total. The lowest BCUT2D eigenvalue weighted by Gasteiger charge is -2.11. The highest BCUT2D eigenvalue weighted by Gasteiger charge is 2.10. The van der Waals surface area contributed by atoms with Crippen LogP contribution in [0.2, 0.25) is 0 Å². The van der Waals surface area contributed by atoms with E-state index in [0.29, 0.717) is 24.8 Å². The number of aryl methyl sites for hydroxylation is 1. The van der Waals surface area contributed by atoms with E-state index < -0.39 is 6.61 Å². The Kier molecular flexibility index (Phi) is 5.78. The van der Waals surface area contributed by atoms with Crippen molar-refractivity contribution in [3.05, 3.63) is 59.9 Å². The summed E-state index contributed by atoms with van der Waals surface area (Å²) in [5.41, 5.74) is 2.39. The number of H-pyrrole nitrogens is 1. The summed E-state index contributed by atoms with van der Waals surface area (Å²) < 4.78 is 29.2. The van der Waals surface area contributed by atoms with E-state index in [1.807, 2.05) is 24.3 Å². The molecule has 3 aromatic rings. The SMILES string of the molecule is O=C(CCCc1nc2ccccc2[nH]1)NCc1ccccc1OC(F)F. The van der Waals surface area contributed by atoms with Crippen molar-refractivity contribution in [2.24, 2.45) is 0 Å². The lowest BCUT2D eigenvalue weighted by atomic mass is 10.2. The van der Waals surface area contributed by atoms with Gasteiger partial charge in [-0.15, -0.1) is 0 Å². The molecule has 1 aromatic heterocycles. The van der Waals surface area contributed by atoms with Crippen molar-refractivity contribution in [3.8, 4) is 5.75 Å². The minimum Gasteiger partial charge on any atom is -0.434 e. The Bertz CT molecular complexity index is 847. The number of nitrogens with one attached hydrogen (secondary N) is 2. The summed E-state index contributed by atoms with van der Waals surface area (Å²) in [7, 11) is 0. The average molecular weight is 359 g/mol. The van der Waals surface area contributed by atoms with Crippen LogP contribution in [0.1, 0.15) is 24.2 Å². The molecule has 26 heavy (non-hydrogen) atoms. The number of carbonyl (C=O) groups is 1. The van der Waals surface area contributed by atoms with Gasteiger partial charge in [-0.05, 0) is 24.6 Å². The number of amides is 1. The summed E-state index contributed by atoms with van der Waals surface area (Å²) >= 11 is 0. The van der Waals surface area contributed by atoms with Gasteiger partial charge in [-0.25, -0.2) is 4.98 Å². The number of hydrogen-bond donors (Lipinski definition) is 2. The van der Waals surface area contributed by atoms with Gasteiger partial charge in [-0.3, -0.25) is 4.79 Å². The van der Waals surface area contributed by atoms with E-state index in [9.17, 15) is 13.6 Å². The first-order valence-corrected chi connectivity index (χ1v) is 8.35. The predicted octanol–water partition coefficient (Wildman–Crippen LogP) is 3.80. The average Bonchev–Trinajstić information content (AvgIpc) is 3.03. The third-order valence-electron chi connectivity index (χ3n) is 3.92. The van der Waals surface area contributed by atoms with Gasteiger partial charge in [0.1, 0.15) is 11.6 Å². The summed E-state index contributed by atoms with van der Waals surface area (Å²) in [6, 6.07) is 14.2. The van der Waals surface area contributed by atoms with Gasteiger partial charge in [0.25, 0.3) is 0 Å². The number of imidazole rings is 1. The number of nitrogens with zero attached hydrogens (tertiary/aromatic N) is 1. The van der Waals surface area contributed by atoms with E-state index in [1.165, 1.54) is 6.07 Å². The molecule has 0 spiro atoms. The van der Waals surface area contributed by atoms with Crippen molar-refractivity contribution in [2.45, 2.75) is 32.4 Å². The van der Waals surface area contributed by atoms with Gasteiger partial charge in [0.2, 0.25) is 5.91 Å². The van der Waals surface area contributed by atoms with E-state index in [0.717, 1.165) is 16.9 Å². The molecule has 136 valence electrons. The number of carbonyl (C=O) groups excluding carboxylic acids is 1. The van der Waals surface area contributed by atoms with Crippen LogP contribution in [0.5, 0.6) is 5.75 Å². The molecule has 0 saturated heterocycles. The zero-order chi connectivity index (χ0) is 18.4. The summed E-state index contributed by atoms with van der Waals surface area (Å²) in [5.74, 6) is 0.771. The largest absolute Gasteiger partial charge is 0.434 e. The zero-order valence-corrected chi connectivity index (χ0v) is 14.0. The minimum absolute atomic E-state index is 0.0741. The second kappa shape index (κ2) is 8.42. The Labute approximate surface area is 149 Å². The monoisotopic (exact) mass is 359 g/mol. The molecule has 2 aromatic carbocycles. The highest BCUT2D eigenvalue weighted by molar-refractivity contribution is 5.76. The van der Waals surface area contributed by atoms with Crippen molar-refractivity contribution < 1.29 is 18.3 Å². The third-order valence-corrected chi connectivity index (χ3v) is 3.92. The smallest absolute Gasteiger partial charge is 0.387 e. The maximum atomic E-state index is 12.4. The molecule has 3 rings (SSSR count). The van der Waals surface area contributed by atoms with Crippen LogP contribution in [-0.2, 0) is 17.8 Å². The summed E-state index contributed by atoms with van der Waals surface area (Å²) in [6.07, 6.45) is 1.63. The molecule has 1 amide bonds. The van der Waals surface area contributed by atoms with E-state index in [-0.39, 0.29) is 18.2 Å². The molecule has 2 N–H and O–H groups in total. The highest BCUT2D eigenvalue weighted by Crippen LogP contribution is 2.20. The van der Waals surface area contributed by atoms with Gasteiger partial charge in [0, 0.05) is 24.9 Å².